The van der Waals surface area contributed by atoms with E-state index in [2.05, 4.69) is 5.32 Å². The molecule has 0 unspecified atom stereocenters. The molecule has 0 bridgehead atoms. The number of nitrogens with one attached hydrogen (secondary N) is 1. The summed E-state index contributed by atoms with van der Waals surface area (Å²) >= 11 is 0. The van der Waals surface area contributed by atoms with Crippen molar-refractivity contribution in [2.75, 3.05) is 12.4 Å². The lowest BCUT2D eigenvalue weighted by molar-refractivity contribution is -0.115. The minimum absolute atomic E-state index is 0.00608. The number of hydrogen-bond acceptors (Lipinski definition) is 4. The zero-order valence-corrected chi connectivity index (χ0v) is 14.6. The van der Waals surface area contributed by atoms with Crippen molar-refractivity contribution in [3.05, 3.63) is 53.1 Å². The molecule has 0 aromatic heterocycles. The Labute approximate surface area is 141 Å². The van der Waals surface area contributed by atoms with E-state index in [0.29, 0.717) is 17.0 Å². The van der Waals surface area contributed by atoms with Crippen LogP contribution in [0.2, 0.25) is 0 Å². The number of amides is 1. The van der Waals surface area contributed by atoms with Gasteiger partial charge in [-0.25, -0.2) is 13.6 Å². The Morgan fingerprint density at radius 3 is 2.50 bits per heavy atom. The van der Waals surface area contributed by atoms with Crippen LogP contribution in [0.5, 0.6) is 5.75 Å². The fourth-order valence-corrected chi connectivity index (χ4v) is 3.22. The molecule has 2 aromatic carbocycles. The van der Waals surface area contributed by atoms with Crippen molar-refractivity contribution >= 4 is 21.6 Å². The molecule has 0 aliphatic rings. The number of rotatable bonds is 5. The molecule has 0 heterocycles. The van der Waals surface area contributed by atoms with E-state index >= 15 is 0 Å². The fraction of sp³-hybridized carbons (Fsp3) is 0.235. The van der Waals surface area contributed by atoms with Crippen LogP contribution in [0, 0.1) is 13.8 Å². The quantitative estimate of drug-likeness (QED) is 0.865. The van der Waals surface area contributed by atoms with E-state index in [1.54, 1.807) is 26.2 Å². The zero-order valence-electron chi connectivity index (χ0n) is 13.8. The molecule has 0 spiro atoms. The standard InChI is InChI=1S/C17H20N2O4S/c1-11-4-7-15(23-3)13(8-11)9-17(20)19-14-6-5-12(2)16(10-14)24(18,21)22/h4-8,10H,9H2,1-3H3,(H,19,20)(H2,18,21,22). The molecule has 2 aromatic rings. The van der Waals surface area contributed by atoms with Gasteiger partial charge in [-0.05, 0) is 37.6 Å². The molecule has 0 saturated carbocycles. The maximum absolute atomic E-state index is 12.3. The van der Waals surface area contributed by atoms with Crippen molar-refractivity contribution in [1.29, 1.82) is 0 Å². The van der Waals surface area contributed by atoms with Crippen molar-refractivity contribution in [1.82, 2.24) is 0 Å². The molecule has 1 amide bonds. The van der Waals surface area contributed by atoms with Crippen molar-refractivity contribution in [2.45, 2.75) is 25.2 Å². The van der Waals surface area contributed by atoms with E-state index < -0.39 is 10.0 Å². The summed E-state index contributed by atoms with van der Waals surface area (Å²) in [5.41, 5.74) is 2.68. The van der Waals surface area contributed by atoms with Crippen LogP contribution in [0.1, 0.15) is 16.7 Å². The number of sulfonamides is 1. The van der Waals surface area contributed by atoms with Gasteiger partial charge in [0.05, 0.1) is 18.4 Å². The first kappa shape index (κ1) is 18.0. The number of methoxy groups -OCH3 is 1. The van der Waals surface area contributed by atoms with Crippen LogP contribution in [0.4, 0.5) is 5.69 Å². The topological polar surface area (TPSA) is 98.5 Å². The second kappa shape index (κ2) is 7.02. The molecule has 128 valence electrons. The molecule has 0 aliphatic heterocycles. The molecule has 0 saturated heterocycles. The summed E-state index contributed by atoms with van der Waals surface area (Å²) in [4.78, 5) is 12.3. The summed E-state index contributed by atoms with van der Waals surface area (Å²) in [6.07, 6.45) is 0.115. The lowest BCUT2D eigenvalue weighted by Gasteiger charge is -2.11. The van der Waals surface area contributed by atoms with Crippen molar-refractivity contribution < 1.29 is 17.9 Å². The number of benzene rings is 2. The summed E-state index contributed by atoms with van der Waals surface area (Å²) in [6, 6.07) is 10.2. The van der Waals surface area contributed by atoms with E-state index in [1.165, 1.54) is 6.07 Å². The van der Waals surface area contributed by atoms with Gasteiger partial charge in [0, 0.05) is 11.3 Å². The van der Waals surface area contributed by atoms with Crippen LogP contribution in [0.25, 0.3) is 0 Å². The third-order valence-electron chi connectivity index (χ3n) is 3.57. The van der Waals surface area contributed by atoms with Crippen LogP contribution < -0.4 is 15.2 Å². The zero-order chi connectivity index (χ0) is 17.9. The maximum atomic E-state index is 12.3. The largest absolute Gasteiger partial charge is 0.496 e. The van der Waals surface area contributed by atoms with E-state index in [4.69, 9.17) is 9.88 Å². The lowest BCUT2D eigenvalue weighted by Crippen LogP contribution is -2.17. The van der Waals surface area contributed by atoms with Gasteiger partial charge < -0.3 is 10.1 Å². The monoisotopic (exact) mass is 348 g/mol. The molecule has 6 nitrogen and oxygen atoms in total. The molecular weight excluding hydrogens is 328 g/mol. The van der Waals surface area contributed by atoms with Gasteiger partial charge in [0.1, 0.15) is 5.75 Å². The van der Waals surface area contributed by atoms with Gasteiger partial charge in [-0.15, -0.1) is 0 Å². The summed E-state index contributed by atoms with van der Waals surface area (Å²) < 4.78 is 28.4. The Morgan fingerprint density at radius 2 is 1.88 bits per heavy atom. The molecule has 0 radical (unpaired) electrons. The smallest absolute Gasteiger partial charge is 0.238 e. The number of hydrogen-bond donors (Lipinski definition) is 2. The number of aryl methyl sites for hydroxylation is 2. The second-order valence-electron chi connectivity index (χ2n) is 5.57. The van der Waals surface area contributed by atoms with Crippen LogP contribution in [0.3, 0.4) is 0 Å². The normalized spacial score (nSPS) is 11.2. The third-order valence-corrected chi connectivity index (χ3v) is 4.62. The summed E-state index contributed by atoms with van der Waals surface area (Å²) in [6.45, 7) is 3.57. The summed E-state index contributed by atoms with van der Waals surface area (Å²) in [5, 5.41) is 7.86. The SMILES string of the molecule is COc1ccc(C)cc1CC(=O)Nc1ccc(C)c(S(N)(=O)=O)c1. The predicted molar refractivity (Wildman–Crippen MR) is 92.6 cm³/mol. The molecular formula is C17H20N2O4S. The van der Waals surface area contributed by atoms with Gasteiger partial charge in [-0.2, -0.15) is 0 Å². The number of ether oxygens (including phenoxy) is 1. The van der Waals surface area contributed by atoms with Crippen LogP contribution in [0.15, 0.2) is 41.3 Å². The highest BCUT2D eigenvalue weighted by atomic mass is 32.2. The Kier molecular flexibility index (Phi) is 5.26. The van der Waals surface area contributed by atoms with E-state index in [-0.39, 0.29) is 17.2 Å². The van der Waals surface area contributed by atoms with Gasteiger partial charge in [0.15, 0.2) is 0 Å². The van der Waals surface area contributed by atoms with Crippen molar-refractivity contribution in [3.8, 4) is 5.75 Å². The van der Waals surface area contributed by atoms with Gasteiger partial charge in [0.2, 0.25) is 15.9 Å². The van der Waals surface area contributed by atoms with Crippen molar-refractivity contribution in [2.24, 2.45) is 5.14 Å². The van der Waals surface area contributed by atoms with Gasteiger partial charge >= 0.3 is 0 Å². The minimum Gasteiger partial charge on any atom is -0.496 e. The highest BCUT2D eigenvalue weighted by molar-refractivity contribution is 7.89. The van der Waals surface area contributed by atoms with E-state index in [9.17, 15) is 13.2 Å². The number of primary sulfonamides is 1. The van der Waals surface area contributed by atoms with E-state index in [0.717, 1.165) is 11.1 Å². The average molecular weight is 348 g/mol. The van der Waals surface area contributed by atoms with Gasteiger partial charge in [-0.3, -0.25) is 4.79 Å². The molecule has 2 rings (SSSR count). The average Bonchev–Trinajstić information content (AvgIpc) is 2.48. The van der Waals surface area contributed by atoms with Crippen LogP contribution in [-0.2, 0) is 21.2 Å². The third kappa shape index (κ3) is 4.33. The Bertz CT molecular complexity index is 876. The van der Waals surface area contributed by atoms with Gasteiger partial charge in [-0.1, -0.05) is 23.8 Å². The Balaban J connectivity index is 2.21. The highest BCUT2D eigenvalue weighted by Gasteiger charge is 2.14. The lowest BCUT2D eigenvalue weighted by atomic mass is 10.1. The van der Waals surface area contributed by atoms with Crippen LogP contribution >= 0.6 is 0 Å². The minimum atomic E-state index is -3.84. The summed E-state index contributed by atoms with van der Waals surface area (Å²) in [5.74, 6) is 0.355. The molecule has 7 heteroatoms. The number of carbonyl (C=O) groups excluding carboxylic acids is 1. The molecule has 0 aliphatic carbocycles. The molecule has 0 atom stereocenters. The first-order chi connectivity index (χ1) is 11.2. The molecule has 3 N–H and O–H groups in total. The van der Waals surface area contributed by atoms with E-state index in [1.807, 2.05) is 25.1 Å². The Morgan fingerprint density at radius 1 is 1.17 bits per heavy atom. The second-order valence-corrected chi connectivity index (χ2v) is 7.10. The maximum Gasteiger partial charge on any atom is 0.238 e. The predicted octanol–water partition coefficient (Wildman–Crippen LogP) is 2.14. The number of nitrogens with two attached hydrogens (primary N) is 1. The highest BCUT2D eigenvalue weighted by Crippen LogP contribution is 2.22. The Hall–Kier alpha value is -2.38. The van der Waals surface area contributed by atoms with Crippen molar-refractivity contribution in [3.63, 3.8) is 0 Å². The molecule has 24 heavy (non-hydrogen) atoms. The van der Waals surface area contributed by atoms with Gasteiger partial charge in [0.25, 0.3) is 0 Å². The molecule has 0 fully saturated rings. The number of anilines is 1. The number of carbonyl (C=O) groups is 1. The first-order valence-corrected chi connectivity index (χ1v) is 8.82. The van der Waals surface area contributed by atoms with Crippen LogP contribution in [-0.4, -0.2) is 21.4 Å². The fourth-order valence-electron chi connectivity index (χ4n) is 2.41. The first-order valence-electron chi connectivity index (χ1n) is 7.27. The summed E-state index contributed by atoms with van der Waals surface area (Å²) in [7, 11) is -2.29.